The van der Waals surface area contributed by atoms with Crippen LogP contribution in [-0.2, 0) is 21.2 Å². The first-order valence-electron chi connectivity index (χ1n) is 8.32. The van der Waals surface area contributed by atoms with Crippen molar-refractivity contribution in [1.82, 2.24) is 4.72 Å². The van der Waals surface area contributed by atoms with Crippen LogP contribution >= 0.6 is 23.2 Å². The number of halogens is 3. The van der Waals surface area contributed by atoms with Crippen molar-refractivity contribution in [2.45, 2.75) is 30.2 Å². The molecule has 0 spiro atoms. The molecule has 28 heavy (non-hydrogen) atoms. The number of rotatable bonds is 6. The molecule has 0 heterocycles. The standard InChI is InChI=1S/C18H16Cl2FNO5S/c19-10-4-7-16(13(20)8-10)28(25,26)22-15-3-1-2-12-11(15)5-6-14(21)18(12)27-9-17(23)24/h4-8,15,22H,1-3,9H2,(H,23,24). The van der Waals surface area contributed by atoms with E-state index in [-0.39, 0.29) is 15.7 Å². The second kappa shape index (κ2) is 8.24. The number of fused-ring (bicyclic) bond motifs is 1. The zero-order chi connectivity index (χ0) is 20.5. The molecule has 2 aromatic rings. The van der Waals surface area contributed by atoms with Crippen LogP contribution in [0.3, 0.4) is 0 Å². The number of ether oxygens (including phenoxy) is 1. The summed E-state index contributed by atoms with van der Waals surface area (Å²) in [5.74, 6) is -2.08. The zero-order valence-corrected chi connectivity index (χ0v) is 16.7. The van der Waals surface area contributed by atoms with Gasteiger partial charge in [0, 0.05) is 16.6 Å². The van der Waals surface area contributed by atoms with Gasteiger partial charge in [-0.05, 0) is 49.1 Å². The molecule has 150 valence electrons. The first-order chi connectivity index (χ1) is 13.2. The minimum Gasteiger partial charge on any atom is -0.479 e. The Bertz CT molecular complexity index is 1030. The summed E-state index contributed by atoms with van der Waals surface area (Å²) in [4.78, 5) is 10.6. The van der Waals surface area contributed by atoms with Crippen LogP contribution in [0.25, 0.3) is 0 Å². The molecule has 0 radical (unpaired) electrons. The molecular weight excluding hydrogens is 432 g/mol. The van der Waals surface area contributed by atoms with Crippen molar-refractivity contribution in [3.63, 3.8) is 0 Å². The van der Waals surface area contributed by atoms with Gasteiger partial charge in [-0.25, -0.2) is 22.3 Å². The highest BCUT2D eigenvalue weighted by Gasteiger charge is 2.30. The van der Waals surface area contributed by atoms with Crippen molar-refractivity contribution in [2.75, 3.05) is 6.61 Å². The maximum atomic E-state index is 14.2. The third-order valence-corrected chi connectivity index (χ3v) is 6.55. The van der Waals surface area contributed by atoms with Crippen LogP contribution in [0.1, 0.15) is 30.0 Å². The molecule has 1 aliphatic rings. The lowest BCUT2D eigenvalue weighted by Gasteiger charge is -2.28. The van der Waals surface area contributed by atoms with Crippen LogP contribution in [-0.4, -0.2) is 26.1 Å². The van der Waals surface area contributed by atoms with Crippen molar-refractivity contribution in [3.8, 4) is 5.75 Å². The highest BCUT2D eigenvalue weighted by Crippen LogP contribution is 2.38. The molecule has 0 fully saturated rings. The first kappa shape index (κ1) is 20.9. The Hall–Kier alpha value is -1.87. The largest absolute Gasteiger partial charge is 0.479 e. The van der Waals surface area contributed by atoms with Gasteiger partial charge in [0.1, 0.15) is 4.90 Å². The third-order valence-electron chi connectivity index (χ3n) is 4.36. The van der Waals surface area contributed by atoms with Gasteiger partial charge in [0.2, 0.25) is 10.0 Å². The Morgan fingerprint density at radius 2 is 2.04 bits per heavy atom. The topological polar surface area (TPSA) is 92.7 Å². The molecule has 0 saturated carbocycles. The molecule has 10 heteroatoms. The number of hydrogen-bond acceptors (Lipinski definition) is 4. The minimum atomic E-state index is -3.97. The molecule has 1 atom stereocenters. The number of carboxylic acid groups (broad SMARTS) is 1. The van der Waals surface area contributed by atoms with Crippen LogP contribution in [0.5, 0.6) is 5.75 Å². The smallest absolute Gasteiger partial charge is 0.341 e. The van der Waals surface area contributed by atoms with Crippen LogP contribution in [0.2, 0.25) is 10.0 Å². The number of carboxylic acids is 1. The molecule has 0 aliphatic heterocycles. The van der Waals surface area contributed by atoms with Gasteiger partial charge in [0.15, 0.2) is 18.2 Å². The molecule has 1 aliphatic carbocycles. The third kappa shape index (κ3) is 4.41. The maximum Gasteiger partial charge on any atom is 0.341 e. The fourth-order valence-electron chi connectivity index (χ4n) is 3.19. The molecule has 0 aromatic heterocycles. The minimum absolute atomic E-state index is 0.0133. The number of benzene rings is 2. The fourth-order valence-corrected chi connectivity index (χ4v) is 5.22. The lowest BCUT2D eigenvalue weighted by atomic mass is 9.87. The molecule has 2 N–H and O–H groups in total. The average Bonchev–Trinajstić information content (AvgIpc) is 2.60. The number of hydrogen-bond donors (Lipinski definition) is 2. The highest BCUT2D eigenvalue weighted by molar-refractivity contribution is 7.89. The number of carbonyl (C=O) groups is 1. The average molecular weight is 448 g/mol. The second-order valence-corrected chi connectivity index (χ2v) is 8.79. The number of nitrogens with one attached hydrogen (secondary N) is 1. The van der Waals surface area contributed by atoms with Crippen LogP contribution in [0, 0.1) is 5.82 Å². The van der Waals surface area contributed by atoms with E-state index < -0.39 is 34.5 Å². The van der Waals surface area contributed by atoms with Gasteiger partial charge in [0.05, 0.1) is 5.02 Å². The lowest BCUT2D eigenvalue weighted by Crippen LogP contribution is -2.31. The summed E-state index contributed by atoms with van der Waals surface area (Å²) >= 11 is 11.8. The predicted molar refractivity (Wildman–Crippen MR) is 102 cm³/mol. The van der Waals surface area contributed by atoms with E-state index in [1.165, 1.54) is 24.3 Å². The summed E-state index contributed by atoms with van der Waals surface area (Å²) in [5, 5.41) is 9.08. The SMILES string of the molecule is O=C(O)COc1c(F)ccc2c1CCCC2NS(=O)(=O)c1ccc(Cl)cc1Cl. The lowest BCUT2D eigenvalue weighted by molar-refractivity contribution is -0.139. The Labute approximate surface area is 171 Å². The predicted octanol–water partition coefficient (Wildman–Crippen LogP) is 3.95. The first-order valence-corrected chi connectivity index (χ1v) is 10.6. The van der Waals surface area contributed by atoms with E-state index in [1.807, 2.05) is 0 Å². The van der Waals surface area contributed by atoms with Gasteiger partial charge in [-0.1, -0.05) is 29.3 Å². The van der Waals surface area contributed by atoms with E-state index in [1.54, 1.807) is 0 Å². The van der Waals surface area contributed by atoms with Gasteiger partial charge < -0.3 is 9.84 Å². The van der Waals surface area contributed by atoms with Gasteiger partial charge in [-0.15, -0.1) is 0 Å². The summed E-state index contributed by atoms with van der Waals surface area (Å²) in [6.45, 7) is -0.690. The summed E-state index contributed by atoms with van der Waals surface area (Å²) < 4.78 is 47.4. The van der Waals surface area contributed by atoms with Crippen molar-refractivity contribution in [2.24, 2.45) is 0 Å². The molecular formula is C18H16Cl2FNO5S. The Morgan fingerprint density at radius 1 is 1.29 bits per heavy atom. The molecule has 0 saturated heterocycles. The van der Waals surface area contributed by atoms with Gasteiger partial charge in [-0.2, -0.15) is 0 Å². The monoisotopic (exact) mass is 447 g/mol. The van der Waals surface area contributed by atoms with Crippen molar-refractivity contribution in [3.05, 3.63) is 57.3 Å². The van der Waals surface area contributed by atoms with Crippen LogP contribution in [0.15, 0.2) is 35.2 Å². The number of sulfonamides is 1. The summed E-state index contributed by atoms with van der Waals surface area (Å²) in [6.07, 6.45) is 1.50. The zero-order valence-electron chi connectivity index (χ0n) is 14.4. The van der Waals surface area contributed by atoms with E-state index in [0.717, 1.165) is 6.07 Å². The quantitative estimate of drug-likeness (QED) is 0.698. The van der Waals surface area contributed by atoms with Crippen LogP contribution < -0.4 is 9.46 Å². The second-order valence-electron chi connectivity index (χ2n) is 6.27. The van der Waals surface area contributed by atoms with Crippen molar-refractivity contribution < 1.29 is 27.4 Å². The Morgan fingerprint density at radius 3 is 2.71 bits per heavy atom. The molecule has 0 bridgehead atoms. The fraction of sp³-hybridized carbons (Fsp3) is 0.278. The van der Waals surface area contributed by atoms with Gasteiger partial charge in [-0.3, -0.25) is 0 Å². The molecule has 1 unspecified atom stereocenters. The van der Waals surface area contributed by atoms with E-state index in [9.17, 15) is 17.6 Å². The van der Waals surface area contributed by atoms with Crippen LogP contribution in [0.4, 0.5) is 4.39 Å². The van der Waals surface area contributed by atoms with Gasteiger partial charge >= 0.3 is 5.97 Å². The summed E-state index contributed by atoms with van der Waals surface area (Å²) in [7, 11) is -3.97. The van der Waals surface area contributed by atoms with Crippen molar-refractivity contribution >= 4 is 39.2 Å². The molecule has 0 amide bonds. The summed E-state index contributed by atoms with van der Waals surface area (Å²) in [6, 6.07) is 6.05. The normalized spacial score (nSPS) is 16.5. The van der Waals surface area contributed by atoms with Crippen molar-refractivity contribution in [1.29, 1.82) is 0 Å². The summed E-state index contributed by atoms with van der Waals surface area (Å²) in [5.41, 5.74) is 1.00. The maximum absolute atomic E-state index is 14.2. The molecule has 6 nitrogen and oxygen atoms in total. The van der Waals surface area contributed by atoms with E-state index in [0.29, 0.717) is 35.4 Å². The van der Waals surface area contributed by atoms with E-state index >= 15 is 0 Å². The highest BCUT2D eigenvalue weighted by atomic mass is 35.5. The molecule has 2 aromatic carbocycles. The van der Waals surface area contributed by atoms with Gasteiger partial charge in [0.25, 0.3) is 0 Å². The van der Waals surface area contributed by atoms with E-state index in [2.05, 4.69) is 4.72 Å². The van der Waals surface area contributed by atoms with E-state index in [4.69, 9.17) is 33.0 Å². The molecule has 3 rings (SSSR count). The number of aliphatic carboxylic acids is 1. The Balaban J connectivity index is 1.94. The Kier molecular flexibility index (Phi) is 6.14.